The Hall–Kier alpha value is -3.40. The Labute approximate surface area is 208 Å². The van der Waals surface area contributed by atoms with Gasteiger partial charge in [-0.1, -0.05) is 41.9 Å². The number of sulfone groups is 1. The predicted molar refractivity (Wildman–Crippen MR) is 135 cm³/mol. The maximum Gasteiger partial charge on any atom is 0.322 e. The fraction of sp³-hybridized carbons (Fsp3) is 0.200. The maximum absolute atomic E-state index is 13.0. The molecule has 1 saturated heterocycles. The van der Waals surface area contributed by atoms with Crippen molar-refractivity contribution in [2.75, 3.05) is 23.4 Å². The summed E-state index contributed by atoms with van der Waals surface area (Å²) in [4.78, 5) is 27.3. The molecule has 35 heavy (non-hydrogen) atoms. The number of β-amino-alcohol motifs (C(OH)–C–C–N with tert-alkyl or cyclic N) is 1. The van der Waals surface area contributed by atoms with Gasteiger partial charge < -0.3 is 20.6 Å². The molecule has 0 unspecified atom stereocenters. The van der Waals surface area contributed by atoms with Crippen LogP contribution in [0.2, 0.25) is 5.02 Å². The fourth-order valence-corrected chi connectivity index (χ4v) is 5.04. The van der Waals surface area contributed by atoms with E-state index >= 15 is 0 Å². The average molecular weight is 514 g/mol. The lowest BCUT2D eigenvalue weighted by Gasteiger charge is -2.24. The third-order valence-corrected chi connectivity index (χ3v) is 7.09. The van der Waals surface area contributed by atoms with Crippen molar-refractivity contribution in [3.8, 4) is 11.1 Å². The highest BCUT2D eigenvalue weighted by Gasteiger charge is 2.39. The molecule has 182 valence electrons. The van der Waals surface area contributed by atoms with Crippen LogP contribution < -0.4 is 10.6 Å². The Morgan fingerprint density at radius 1 is 0.943 bits per heavy atom. The first-order chi connectivity index (χ1) is 16.6. The molecule has 3 N–H and O–H groups in total. The summed E-state index contributed by atoms with van der Waals surface area (Å²) in [6.45, 7) is 0.0265. The molecule has 0 saturated carbocycles. The minimum absolute atomic E-state index is 0.0265. The number of halogens is 1. The van der Waals surface area contributed by atoms with E-state index in [9.17, 15) is 23.1 Å². The number of hydrogen-bond acceptors (Lipinski definition) is 5. The van der Waals surface area contributed by atoms with Gasteiger partial charge in [0.1, 0.15) is 6.04 Å². The molecule has 1 fully saturated rings. The SMILES string of the molecule is CS(=O)(=O)c1ccccc1-c1ccc(NC(=O)[C@H]2C[C@@H](O)CN2C(=O)Nc2ccc(Cl)cc2)cc1. The Balaban J connectivity index is 1.47. The van der Waals surface area contributed by atoms with E-state index in [-0.39, 0.29) is 17.9 Å². The highest BCUT2D eigenvalue weighted by Crippen LogP contribution is 2.29. The Kier molecular flexibility index (Phi) is 7.11. The molecule has 4 rings (SSSR count). The summed E-state index contributed by atoms with van der Waals surface area (Å²) in [7, 11) is -3.41. The number of carbonyl (C=O) groups is 2. The molecular weight excluding hydrogens is 490 g/mol. The Bertz CT molecular complexity index is 1340. The first-order valence-electron chi connectivity index (χ1n) is 10.8. The van der Waals surface area contributed by atoms with E-state index in [0.29, 0.717) is 27.5 Å². The maximum atomic E-state index is 13.0. The molecule has 3 aromatic rings. The Morgan fingerprint density at radius 3 is 2.20 bits per heavy atom. The zero-order valence-electron chi connectivity index (χ0n) is 18.8. The minimum atomic E-state index is -3.41. The highest BCUT2D eigenvalue weighted by atomic mass is 35.5. The van der Waals surface area contributed by atoms with E-state index < -0.39 is 33.9 Å². The number of urea groups is 1. The molecule has 1 heterocycles. The zero-order valence-corrected chi connectivity index (χ0v) is 20.4. The van der Waals surface area contributed by atoms with E-state index in [1.165, 1.54) is 4.90 Å². The number of carbonyl (C=O) groups excluding carboxylic acids is 2. The van der Waals surface area contributed by atoms with Crippen LogP contribution in [0, 0.1) is 0 Å². The van der Waals surface area contributed by atoms with Gasteiger partial charge in [0.25, 0.3) is 0 Å². The molecule has 0 aromatic heterocycles. The number of likely N-dealkylation sites (tertiary alicyclic amines) is 1. The summed E-state index contributed by atoms with van der Waals surface area (Å²) in [5.41, 5.74) is 2.25. The highest BCUT2D eigenvalue weighted by molar-refractivity contribution is 7.90. The smallest absolute Gasteiger partial charge is 0.322 e. The van der Waals surface area contributed by atoms with E-state index in [0.717, 1.165) is 6.26 Å². The predicted octanol–water partition coefficient (Wildman–Crippen LogP) is 4.02. The molecule has 3 aromatic carbocycles. The summed E-state index contributed by atoms with van der Waals surface area (Å²) >= 11 is 5.87. The van der Waals surface area contributed by atoms with Gasteiger partial charge in [-0.05, 0) is 48.0 Å². The van der Waals surface area contributed by atoms with Gasteiger partial charge in [0.05, 0.1) is 11.0 Å². The molecule has 3 amide bonds. The number of nitrogens with zero attached hydrogens (tertiary/aromatic N) is 1. The first kappa shape index (κ1) is 24.7. The van der Waals surface area contributed by atoms with Gasteiger partial charge in [-0.15, -0.1) is 0 Å². The van der Waals surface area contributed by atoms with Gasteiger partial charge in [-0.3, -0.25) is 4.79 Å². The standard InChI is InChI=1S/C25H24ClN3O5S/c1-35(33,34)23-5-3-2-4-21(23)16-6-10-18(11-7-16)27-24(31)22-14-20(30)15-29(22)25(32)28-19-12-8-17(26)9-13-19/h2-13,20,22,30H,14-15H2,1H3,(H,27,31)(H,28,32)/t20-,22-/m1/s1. The number of aliphatic hydroxyl groups excluding tert-OH is 1. The number of rotatable bonds is 5. The van der Waals surface area contributed by atoms with Gasteiger partial charge in [-0.2, -0.15) is 0 Å². The van der Waals surface area contributed by atoms with E-state index in [4.69, 9.17) is 11.6 Å². The molecule has 1 aliphatic heterocycles. The van der Waals surface area contributed by atoms with Gasteiger partial charge in [0.15, 0.2) is 9.84 Å². The van der Waals surface area contributed by atoms with Crippen LogP contribution in [0.5, 0.6) is 0 Å². The molecular formula is C25H24ClN3O5S. The molecule has 0 bridgehead atoms. The van der Waals surface area contributed by atoms with Crippen molar-refractivity contribution < 1.29 is 23.1 Å². The van der Waals surface area contributed by atoms with Crippen molar-refractivity contribution in [2.24, 2.45) is 0 Å². The summed E-state index contributed by atoms with van der Waals surface area (Å²) in [5.74, 6) is -0.433. The molecule has 1 aliphatic rings. The average Bonchev–Trinajstić information content (AvgIpc) is 3.22. The summed E-state index contributed by atoms with van der Waals surface area (Å²) in [6, 6.07) is 18.7. The normalized spacial score (nSPS) is 17.7. The number of hydrogen-bond donors (Lipinski definition) is 3. The minimum Gasteiger partial charge on any atom is -0.391 e. The largest absolute Gasteiger partial charge is 0.391 e. The van der Waals surface area contributed by atoms with Gasteiger partial charge in [0.2, 0.25) is 5.91 Å². The molecule has 0 radical (unpaired) electrons. The van der Waals surface area contributed by atoms with E-state index in [1.54, 1.807) is 72.8 Å². The summed E-state index contributed by atoms with van der Waals surface area (Å²) in [5, 5.41) is 16.1. The van der Waals surface area contributed by atoms with Crippen LogP contribution in [0.25, 0.3) is 11.1 Å². The van der Waals surface area contributed by atoms with Crippen LogP contribution in [-0.2, 0) is 14.6 Å². The van der Waals surface area contributed by atoms with Crippen molar-refractivity contribution in [3.05, 3.63) is 77.8 Å². The second-order valence-electron chi connectivity index (χ2n) is 8.33. The van der Waals surface area contributed by atoms with Crippen molar-refractivity contribution in [1.82, 2.24) is 4.90 Å². The van der Waals surface area contributed by atoms with E-state index in [2.05, 4.69) is 10.6 Å². The topological polar surface area (TPSA) is 116 Å². The van der Waals surface area contributed by atoms with Crippen LogP contribution in [0.4, 0.5) is 16.2 Å². The molecule has 8 nitrogen and oxygen atoms in total. The number of amides is 3. The van der Waals surface area contributed by atoms with Crippen LogP contribution in [0.1, 0.15) is 6.42 Å². The Morgan fingerprint density at radius 2 is 1.54 bits per heavy atom. The van der Waals surface area contributed by atoms with Crippen LogP contribution in [-0.4, -0.2) is 55.3 Å². The second kappa shape index (κ2) is 10.1. The van der Waals surface area contributed by atoms with Crippen molar-refractivity contribution in [2.45, 2.75) is 23.5 Å². The number of benzene rings is 3. The van der Waals surface area contributed by atoms with Crippen LogP contribution in [0.15, 0.2) is 77.7 Å². The van der Waals surface area contributed by atoms with Crippen LogP contribution >= 0.6 is 11.6 Å². The quantitative estimate of drug-likeness (QED) is 0.476. The number of aliphatic hydroxyl groups is 1. The summed E-state index contributed by atoms with van der Waals surface area (Å²) in [6.07, 6.45) is 0.446. The van der Waals surface area contributed by atoms with Gasteiger partial charge in [0, 0.05) is 41.2 Å². The third kappa shape index (κ3) is 5.82. The van der Waals surface area contributed by atoms with Crippen molar-refractivity contribution in [3.63, 3.8) is 0 Å². The lowest BCUT2D eigenvalue weighted by Crippen LogP contribution is -2.45. The van der Waals surface area contributed by atoms with Gasteiger partial charge in [-0.25, -0.2) is 13.2 Å². The lowest BCUT2D eigenvalue weighted by molar-refractivity contribution is -0.119. The monoisotopic (exact) mass is 513 g/mol. The molecule has 10 heteroatoms. The lowest BCUT2D eigenvalue weighted by atomic mass is 10.1. The zero-order chi connectivity index (χ0) is 25.2. The van der Waals surface area contributed by atoms with Crippen LogP contribution in [0.3, 0.4) is 0 Å². The first-order valence-corrected chi connectivity index (χ1v) is 13.1. The third-order valence-electron chi connectivity index (χ3n) is 5.69. The summed E-state index contributed by atoms with van der Waals surface area (Å²) < 4.78 is 24.2. The number of nitrogens with one attached hydrogen (secondary N) is 2. The molecule has 2 atom stereocenters. The molecule has 0 aliphatic carbocycles. The van der Waals surface area contributed by atoms with E-state index in [1.807, 2.05) is 0 Å². The fourth-order valence-electron chi connectivity index (χ4n) is 4.00. The van der Waals surface area contributed by atoms with Crippen molar-refractivity contribution in [1.29, 1.82) is 0 Å². The molecule has 0 spiro atoms. The van der Waals surface area contributed by atoms with Crippen molar-refractivity contribution >= 4 is 44.8 Å². The van der Waals surface area contributed by atoms with Gasteiger partial charge >= 0.3 is 6.03 Å². The number of anilines is 2. The second-order valence-corrected chi connectivity index (χ2v) is 10.8.